The van der Waals surface area contributed by atoms with Crippen molar-refractivity contribution < 1.29 is 0 Å². The van der Waals surface area contributed by atoms with Gasteiger partial charge < -0.3 is 0 Å². The Balaban J connectivity index is 2.28. The van der Waals surface area contributed by atoms with E-state index < -0.39 is 0 Å². The van der Waals surface area contributed by atoms with E-state index in [1.54, 1.807) is 0 Å². The van der Waals surface area contributed by atoms with Crippen LogP contribution in [0.15, 0.2) is 29.8 Å². The molecule has 92 valence electrons. The number of allylic oxidation sites excluding steroid dienone is 1. The quantitative estimate of drug-likeness (QED) is 0.475. The van der Waals surface area contributed by atoms with Gasteiger partial charge in [-0.1, -0.05) is 29.8 Å². The number of hydrogen-bond acceptors (Lipinski definition) is 2. The number of nitrogens with two attached hydrogens (primary N) is 1. The van der Waals surface area contributed by atoms with Crippen molar-refractivity contribution >= 4 is 0 Å². The van der Waals surface area contributed by atoms with Crippen LogP contribution >= 0.6 is 0 Å². The Hall–Kier alpha value is -1.12. The summed E-state index contributed by atoms with van der Waals surface area (Å²) in [4.78, 5) is 0. The molecular formula is C15H22N2. The zero-order valence-corrected chi connectivity index (χ0v) is 10.8. The average Bonchev–Trinajstić information content (AvgIpc) is 2.36. The van der Waals surface area contributed by atoms with E-state index in [1.807, 2.05) is 0 Å². The van der Waals surface area contributed by atoms with Crippen molar-refractivity contribution in [3.63, 3.8) is 0 Å². The van der Waals surface area contributed by atoms with Gasteiger partial charge in [0.15, 0.2) is 0 Å². The number of rotatable bonds is 3. The zero-order valence-electron chi connectivity index (χ0n) is 10.8. The van der Waals surface area contributed by atoms with Crippen LogP contribution < -0.4 is 11.3 Å². The lowest BCUT2D eigenvalue weighted by Crippen LogP contribution is -2.30. The van der Waals surface area contributed by atoms with E-state index in [4.69, 9.17) is 5.84 Å². The highest BCUT2D eigenvalue weighted by Gasteiger charge is 2.17. The maximum Gasteiger partial charge on any atom is 0.0670 e. The Morgan fingerprint density at radius 2 is 2.00 bits per heavy atom. The van der Waals surface area contributed by atoms with Crippen LogP contribution in [0.25, 0.3) is 0 Å². The molecule has 1 aromatic carbocycles. The Bertz CT molecular complexity index is 421. The summed E-state index contributed by atoms with van der Waals surface area (Å²) in [6.07, 6.45) is 7.31. The van der Waals surface area contributed by atoms with E-state index in [2.05, 4.69) is 43.5 Å². The highest BCUT2D eigenvalue weighted by Crippen LogP contribution is 2.30. The van der Waals surface area contributed by atoms with E-state index in [1.165, 1.54) is 47.9 Å². The third kappa shape index (κ3) is 2.76. The topological polar surface area (TPSA) is 38.0 Å². The Labute approximate surface area is 104 Å². The summed E-state index contributed by atoms with van der Waals surface area (Å²) in [6, 6.07) is 6.80. The second-order valence-electron chi connectivity index (χ2n) is 4.97. The van der Waals surface area contributed by atoms with Crippen LogP contribution in [-0.2, 0) is 0 Å². The van der Waals surface area contributed by atoms with E-state index in [0.29, 0.717) is 0 Å². The number of hydrogen-bond donors (Lipinski definition) is 2. The molecule has 0 bridgehead atoms. The van der Waals surface area contributed by atoms with Gasteiger partial charge in [0.2, 0.25) is 0 Å². The van der Waals surface area contributed by atoms with Crippen LogP contribution in [0.2, 0.25) is 0 Å². The monoisotopic (exact) mass is 230 g/mol. The first-order chi connectivity index (χ1) is 8.22. The van der Waals surface area contributed by atoms with Gasteiger partial charge in [-0.2, -0.15) is 0 Å². The molecular weight excluding hydrogens is 208 g/mol. The molecule has 0 saturated heterocycles. The third-order valence-corrected chi connectivity index (χ3v) is 3.73. The van der Waals surface area contributed by atoms with Crippen LogP contribution in [-0.4, -0.2) is 0 Å². The van der Waals surface area contributed by atoms with Crippen molar-refractivity contribution in [2.24, 2.45) is 5.84 Å². The van der Waals surface area contributed by atoms with Gasteiger partial charge in [0, 0.05) is 0 Å². The predicted molar refractivity (Wildman–Crippen MR) is 72.5 cm³/mol. The van der Waals surface area contributed by atoms with Crippen LogP contribution in [0.1, 0.15) is 48.4 Å². The number of benzene rings is 1. The van der Waals surface area contributed by atoms with Crippen molar-refractivity contribution in [3.8, 4) is 0 Å². The molecule has 2 heteroatoms. The fraction of sp³-hybridized carbons (Fsp3) is 0.467. The van der Waals surface area contributed by atoms with Gasteiger partial charge in [-0.05, 0) is 56.2 Å². The molecule has 0 aliphatic heterocycles. The van der Waals surface area contributed by atoms with Gasteiger partial charge in [-0.3, -0.25) is 5.84 Å². The summed E-state index contributed by atoms with van der Waals surface area (Å²) in [6.45, 7) is 4.30. The average molecular weight is 230 g/mol. The minimum absolute atomic E-state index is 0.189. The van der Waals surface area contributed by atoms with Crippen molar-refractivity contribution in [1.29, 1.82) is 0 Å². The fourth-order valence-corrected chi connectivity index (χ4v) is 2.49. The molecule has 1 atom stereocenters. The minimum Gasteiger partial charge on any atom is -0.271 e. The summed E-state index contributed by atoms with van der Waals surface area (Å²) in [5, 5.41) is 0. The van der Waals surface area contributed by atoms with Crippen molar-refractivity contribution in [2.75, 3.05) is 0 Å². The number of nitrogens with one attached hydrogen (secondary N) is 1. The molecule has 1 aliphatic rings. The molecule has 0 radical (unpaired) electrons. The first kappa shape index (κ1) is 12.3. The first-order valence-electron chi connectivity index (χ1n) is 6.44. The van der Waals surface area contributed by atoms with E-state index >= 15 is 0 Å². The van der Waals surface area contributed by atoms with Gasteiger partial charge >= 0.3 is 0 Å². The lowest BCUT2D eigenvalue weighted by Gasteiger charge is -2.23. The normalized spacial score (nSPS) is 17.7. The van der Waals surface area contributed by atoms with Crippen molar-refractivity contribution in [2.45, 2.75) is 45.6 Å². The van der Waals surface area contributed by atoms with Crippen molar-refractivity contribution in [1.82, 2.24) is 5.43 Å². The fourth-order valence-electron chi connectivity index (χ4n) is 2.49. The van der Waals surface area contributed by atoms with Gasteiger partial charge in [-0.15, -0.1) is 0 Å². The van der Waals surface area contributed by atoms with E-state index in [0.717, 1.165) is 0 Å². The lowest BCUT2D eigenvalue weighted by atomic mass is 9.89. The highest BCUT2D eigenvalue weighted by molar-refractivity contribution is 5.35. The molecule has 0 fully saturated rings. The summed E-state index contributed by atoms with van der Waals surface area (Å²) >= 11 is 0. The molecule has 1 aromatic rings. The van der Waals surface area contributed by atoms with Crippen LogP contribution in [0.4, 0.5) is 0 Å². The molecule has 2 nitrogen and oxygen atoms in total. The number of aryl methyl sites for hydroxylation is 2. The van der Waals surface area contributed by atoms with Gasteiger partial charge in [-0.25, -0.2) is 5.43 Å². The van der Waals surface area contributed by atoms with Crippen LogP contribution in [0.5, 0.6) is 0 Å². The highest BCUT2D eigenvalue weighted by atomic mass is 15.2. The van der Waals surface area contributed by atoms with Gasteiger partial charge in [0.1, 0.15) is 0 Å². The minimum atomic E-state index is 0.189. The number of hydrazine groups is 1. The molecule has 0 heterocycles. The standard InChI is InChI=1S/C15H22N2/c1-11-8-9-14(10-12(11)2)15(17-16)13-6-4-3-5-7-13/h6,8-10,15,17H,3-5,7,16H2,1-2H3. The van der Waals surface area contributed by atoms with E-state index in [-0.39, 0.29) is 6.04 Å². The second-order valence-corrected chi connectivity index (χ2v) is 4.97. The van der Waals surface area contributed by atoms with Gasteiger partial charge in [0.25, 0.3) is 0 Å². The summed E-state index contributed by atoms with van der Waals surface area (Å²) < 4.78 is 0. The molecule has 17 heavy (non-hydrogen) atoms. The smallest absolute Gasteiger partial charge is 0.0670 e. The Morgan fingerprint density at radius 1 is 1.18 bits per heavy atom. The van der Waals surface area contributed by atoms with Crippen LogP contribution in [0.3, 0.4) is 0 Å². The largest absolute Gasteiger partial charge is 0.271 e. The molecule has 0 amide bonds. The van der Waals surface area contributed by atoms with Crippen molar-refractivity contribution in [3.05, 3.63) is 46.5 Å². The molecule has 3 N–H and O–H groups in total. The third-order valence-electron chi connectivity index (χ3n) is 3.73. The van der Waals surface area contributed by atoms with Crippen LogP contribution in [0, 0.1) is 13.8 Å². The maximum absolute atomic E-state index is 5.73. The van der Waals surface area contributed by atoms with Gasteiger partial charge in [0.05, 0.1) is 6.04 Å². The molecule has 0 aromatic heterocycles. The summed E-state index contributed by atoms with van der Waals surface area (Å²) in [7, 11) is 0. The second kappa shape index (κ2) is 5.48. The predicted octanol–water partition coefficient (Wildman–Crippen LogP) is 3.31. The SMILES string of the molecule is Cc1ccc(C(NN)C2=CCCCC2)cc1C. The van der Waals surface area contributed by atoms with E-state index in [9.17, 15) is 0 Å². The zero-order chi connectivity index (χ0) is 12.3. The Kier molecular flexibility index (Phi) is 3.97. The lowest BCUT2D eigenvalue weighted by molar-refractivity contribution is 0.565. The molecule has 0 spiro atoms. The molecule has 1 aliphatic carbocycles. The summed E-state index contributed by atoms with van der Waals surface area (Å²) in [5.41, 5.74) is 8.36. The summed E-state index contributed by atoms with van der Waals surface area (Å²) in [5.74, 6) is 5.73. The molecule has 0 saturated carbocycles. The maximum atomic E-state index is 5.73. The molecule has 1 unspecified atom stereocenters. The molecule has 2 rings (SSSR count). The first-order valence-corrected chi connectivity index (χ1v) is 6.44. The Morgan fingerprint density at radius 3 is 2.59 bits per heavy atom.